The summed E-state index contributed by atoms with van der Waals surface area (Å²) in [7, 11) is 0. The second-order valence-electron chi connectivity index (χ2n) is 5.70. The maximum Gasteiger partial charge on any atom is 0.239 e. The number of piperidine rings is 1. The lowest BCUT2D eigenvalue weighted by atomic mass is 9.91. The van der Waals surface area contributed by atoms with Crippen molar-refractivity contribution >= 4 is 18.3 Å². The molecule has 21 heavy (non-hydrogen) atoms. The Morgan fingerprint density at radius 3 is 2.43 bits per heavy atom. The van der Waals surface area contributed by atoms with Gasteiger partial charge in [0.25, 0.3) is 0 Å². The van der Waals surface area contributed by atoms with Gasteiger partial charge in [0.15, 0.2) is 0 Å². The molecular formula is C16H25ClN2O2. The average Bonchev–Trinajstić information content (AvgIpc) is 2.47. The Morgan fingerprint density at radius 1 is 1.33 bits per heavy atom. The smallest absolute Gasteiger partial charge is 0.239 e. The van der Waals surface area contributed by atoms with Crippen molar-refractivity contribution in [2.24, 2.45) is 11.7 Å². The van der Waals surface area contributed by atoms with Crippen molar-refractivity contribution in [3.05, 3.63) is 35.9 Å². The zero-order chi connectivity index (χ0) is 14.5. The Kier molecular flexibility index (Phi) is 7.15. The maximum absolute atomic E-state index is 12.3. The van der Waals surface area contributed by atoms with Crippen molar-refractivity contribution in [3.63, 3.8) is 0 Å². The number of halogens is 1. The van der Waals surface area contributed by atoms with E-state index in [0.29, 0.717) is 25.4 Å². The predicted octanol–water partition coefficient (Wildman–Crippen LogP) is 1.60. The van der Waals surface area contributed by atoms with Crippen LogP contribution in [0.3, 0.4) is 0 Å². The summed E-state index contributed by atoms with van der Waals surface area (Å²) < 4.78 is 0. The molecule has 1 aromatic rings. The van der Waals surface area contributed by atoms with Crippen LogP contribution in [0.5, 0.6) is 0 Å². The first kappa shape index (κ1) is 18.0. The minimum absolute atomic E-state index is 0. The molecule has 0 saturated carbocycles. The Labute approximate surface area is 132 Å². The van der Waals surface area contributed by atoms with E-state index in [1.54, 1.807) is 0 Å². The number of amides is 1. The summed E-state index contributed by atoms with van der Waals surface area (Å²) in [6.45, 7) is 3.23. The number of nitrogens with two attached hydrogens (primary N) is 1. The van der Waals surface area contributed by atoms with Gasteiger partial charge >= 0.3 is 0 Å². The molecule has 2 rings (SSSR count). The standard InChI is InChI=1S/C16H24N2O2.ClH/c1-12(19)14-7-9-18(10-8-14)16(20)15(17)11-13-5-3-2-4-6-13;/h2-6,12,14-15,19H,7-11,17H2,1H3;1H. The molecule has 118 valence electrons. The Morgan fingerprint density at radius 2 is 1.90 bits per heavy atom. The van der Waals surface area contributed by atoms with Crippen LogP contribution in [0.15, 0.2) is 30.3 Å². The normalized spacial score (nSPS) is 18.7. The average molecular weight is 313 g/mol. The van der Waals surface area contributed by atoms with E-state index in [-0.39, 0.29) is 24.4 Å². The van der Waals surface area contributed by atoms with Crippen molar-refractivity contribution in [2.75, 3.05) is 13.1 Å². The van der Waals surface area contributed by atoms with E-state index in [1.807, 2.05) is 42.2 Å². The number of rotatable bonds is 4. The van der Waals surface area contributed by atoms with Crippen LogP contribution in [0, 0.1) is 5.92 Å². The van der Waals surface area contributed by atoms with Crippen molar-refractivity contribution in [2.45, 2.75) is 38.3 Å². The Hall–Kier alpha value is -1.10. The molecule has 1 saturated heterocycles. The van der Waals surface area contributed by atoms with Crippen LogP contribution >= 0.6 is 12.4 Å². The number of aliphatic hydroxyl groups is 1. The number of carbonyl (C=O) groups excluding carboxylic acids is 1. The van der Waals surface area contributed by atoms with Gasteiger partial charge in [0.1, 0.15) is 0 Å². The van der Waals surface area contributed by atoms with Crippen LogP contribution in [0.1, 0.15) is 25.3 Å². The van der Waals surface area contributed by atoms with Gasteiger partial charge in [-0.15, -0.1) is 12.4 Å². The van der Waals surface area contributed by atoms with E-state index in [2.05, 4.69) is 0 Å². The number of carbonyl (C=O) groups is 1. The molecule has 0 spiro atoms. The molecule has 2 atom stereocenters. The van der Waals surface area contributed by atoms with Gasteiger partial charge in [-0.05, 0) is 37.7 Å². The molecule has 5 heteroatoms. The van der Waals surface area contributed by atoms with Crippen LogP contribution < -0.4 is 5.73 Å². The summed E-state index contributed by atoms with van der Waals surface area (Å²) in [5.41, 5.74) is 7.12. The fourth-order valence-electron chi connectivity index (χ4n) is 2.79. The highest BCUT2D eigenvalue weighted by molar-refractivity contribution is 5.85. The number of hydrogen-bond acceptors (Lipinski definition) is 3. The Balaban J connectivity index is 0.00000220. The number of benzene rings is 1. The summed E-state index contributed by atoms with van der Waals surface area (Å²) in [6.07, 6.45) is 2.02. The fourth-order valence-corrected chi connectivity index (χ4v) is 2.79. The largest absolute Gasteiger partial charge is 0.393 e. The van der Waals surface area contributed by atoms with Gasteiger partial charge in [0.2, 0.25) is 5.91 Å². The van der Waals surface area contributed by atoms with Gasteiger partial charge in [0.05, 0.1) is 12.1 Å². The second kappa shape index (κ2) is 8.37. The Bertz CT molecular complexity index is 431. The molecular weight excluding hydrogens is 288 g/mol. The molecule has 0 bridgehead atoms. The molecule has 4 nitrogen and oxygen atoms in total. The third-order valence-electron chi connectivity index (χ3n) is 4.15. The molecule has 3 N–H and O–H groups in total. The number of nitrogens with zero attached hydrogens (tertiary/aromatic N) is 1. The summed E-state index contributed by atoms with van der Waals surface area (Å²) in [5, 5.41) is 9.58. The summed E-state index contributed by atoms with van der Waals surface area (Å²) in [4.78, 5) is 14.2. The molecule has 0 radical (unpaired) electrons. The zero-order valence-corrected chi connectivity index (χ0v) is 13.3. The minimum atomic E-state index is -0.472. The maximum atomic E-state index is 12.3. The zero-order valence-electron chi connectivity index (χ0n) is 12.4. The monoisotopic (exact) mass is 312 g/mol. The third-order valence-corrected chi connectivity index (χ3v) is 4.15. The van der Waals surface area contributed by atoms with Crippen LogP contribution in [-0.4, -0.2) is 41.1 Å². The van der Waals surface area contributed by atoms with Gasteiger partial charge in [-0.25, -0.2) is 0 Å². The van der Waals surface area contributed by atoms with E-state index in [4.69, 9.17) is 5.73 Å². The summed E-state index contributed by atoms with van der Waals surface area (Å²) in [6, 6.07) is 9.39. The summed E-state index contributed by atoms with van der Waals surface area (Å²) in [5.74, 6) is 0.335. The van der Waals surface area contributed by atoms with Crippen LogP contribution in [-0.2, 0) is 11.2 Å². The molecule has 1 aliphatic heterocycles. The van der Waals surface area contributed by atoms with Crippen molar-refractivity contribution < 1.29 is 9.90 Å². The topological polar surface area (TPSA) is 66.6 Å². The first-order valence-electron chi connectivity index (χ1n) is 7.34. The van der Waals surface area contributed by atoms with Crippen molar-refractivity contribution in [1.82, 2.24) is 4.90 Å². The highest BCUT2D eigenvalue weighted by Crippen LogP contribution is 2.21. The second-order valence-corrected chi connectivity index (χ2v) is 5.70. The minimum Gasteiger partial charge on any atom is -0.393 e. The first-order chi connectivity index (χ1) is 9.58. The van der Waals surface area contributed by atoms with Crippen LogP contribution in [0.2, 0.25) is 0 Å². The van der Waals surface area contributed by atoms with Crippen molar-refractivity contribution in [3.8, 4) is 0 Å². The SMILES string of the molecule is CC(O)C1CCN(C(=O)C(N)Cc2ccccc2)CC1.Cl. The number of likely N-dealkylation sites (tertiary alicyclic amines) is 1. The van der Waals surface area contributed by atoms with E-state index in [9.17, 15) is 9.90 Å². The molecule has 1 aromatic carbocycles. The van der Waals surface area contributed by atoms with Crippen LogP contribution in [0.25, 0.3) is 0 Å². The predicted molar refractivity (Wildman–Crippen MR) is 86.4 cm³/mol. The number of hydrogen-bond donors (Lipinski definition) is 2. The first-order valence-corrected chi connectivity index (χ1v) is 7.34. The molecule has 0 aliphatic carbocycles. The van der Waals surface area contributed by atoms with Crippen LogP contribution in [0.4, 0.5) is 0 Å². The van der Waals surface area contributed by atoms with Gasteiger partial charge in [-0.1, -0.05) is 30.3 Å². The highest BCUT2D eigenvalue weighted by atomic mass is 35.5. The summed E-state index contributed by atoms with van der Waals surface area (Å²) >= 11 is 0. The third kappa shape index (κ3) is 4.99. The van der Waals surface area contributed by atoms with Gasteiger partial charge in [-0.3, -0.25) is 4.79 Å². The lowest BCUT2D eigenvalue weighted by Gasteiger charge is -2.34. The molecule has 1 amide bonds. The molecule has 2 unspecified atom stereocenters. The van der Waals surface area contributed by atoms with E-state index in [1.165, 1.54) is 0 Å². The van der Waals surface area contributed by atoms with Gasteiger partial charge < -0.3 is 15.7 Å². The van der Waals surface area contributed by atoms with E-state index in [0.717, 1.165) is 18.4 Å². The number of aliphatic hydroxyl groups excluding tert-OH is 1. The lowest BCUT2D eigenvalue weighted by molar-refractivity contribution is -0.134. The molecule has 0 aromatic heterocycles. The van der Waals surface area contributed by atoms with Gasteiger partial charge in [-0.2, -0.15) is 0 Å². The van der Waals surface area contributed by atoms with Crippen molar-refractivity contribution in [1.29, 1.82) is 0 Å². The molecule has 1 aliphatic rings. The van der Waals surface area contributed by atoms with E-state index >= 15 is 0 Å². The van der Waals surface area contributed by atoms with Gasteiger partial charge in [0, 0.05) is 13.1 Å². The highest BCUT2D eigenvalue weighted by Gasteiger charge is 2.28. The quantitative estimate of drug-likeness (QED) is 0.887. The van der Waals surface area contributed by atoms with E-state index < -0.39 is 6.04 Å². The molecule has 1 fully saturated rings. The fraction of sp³-hybridized carbons (Fsp3) is 0.562. The molecule has 1 heterocycles. The lowest BCUT2D eigenvalue weighted by Crippen LogP contribution is -2.48.